The lowest BCUT2D eigenvalue weighted by Gasteiger charge is -2.35. The third kappa shape index (κ3) is 6.65. The van der Waals surface area contributed by atoms with Gasteiger partial charge >= 0.3 is 5.97 Å². The van der Waals surface area contributed by atoms with Crippen LogP contribution in [0.3, 0.4) is 0 Å². The van der Waals surface area contributed by atoms with Crippen LogP contribution in [0.15, 0.2) is 24.3 Å². The molecule has 1 fully saturated rings. The summed E-state index contributed by atoms with van der Waals surface area (Å²) in [5.74, 6) is -1.96. The van der Waals surface area contributed by atoms with Crippen LogP contribution in [-0.4, -0.2) is 49.8 Å². The van der Waals surface area contributed by atoms with E-state index >= 15 is 0 Å². The predicted octanol–water partition coefficient (Wildman–Crippen LogP) is 2.80. The van der Waals surface area contributed by atoms with Crippen LogP contribution < -0.4 is 5.32 Å². The van der Waals surface area contributed by atoms with Gasteiger partial charge in [-0.05, 0) is 38.8 Å². The molecule has 0 spiro atoms. The molecule has 7 nitrogen and oxygen atoms in total. The highest BCUT2D eigenvalue weighted by Crippen LogP contribution is 2.25. The maximum Gasteiger partial charge on any atom is 0.366 e. The van der Waals surface area contributed by atoms with Crippen LogP contribution in [0, 0.1) is 12.8 Å². The Hall–Kier alpha value is -2.25. The smallest absolute Gasteiger partial charge is 0.366 e. The fourth-order valence-corrected chi connectivity index (χ4v) is 3.30. The first-order valence-corrected chi connectivity index (χ1v) is 9.99. The van der Waals surface area contributed by atoms with Gasteiger partial charge in [-0.1, -0.05) is 30.5 Å². The Labute approximate surface area is 172 Å². The van der Waals surface area contributed by atoms with Crippen molar-refractivity contribution >= 4 is 17.7 Å². The largest absolute Gasteiger partial charge is 0.465 e. The first kappa shape index (κ1) is 23.0. The third-order valence-corrected chi connectivity index (χ3v) is 5.18. The van der Waals surface area contributed by atoms with E-state index in [0.717, 1.165) is 24.8 Å². The van der Waals surface area contributed by atoms with Crippen molar-refractivity contribution in [1.29, 1.82) is 0 Å². The van der Waals surface area contributed by atoms with Crippen LogP contribution in [0.4, 0.5) is 0 Å². The van der Waals surface area contributed by atoms with Crippen LogP contribution in [-0.2, 0) is 23.8 Å². The zero-order chi connectivity index (χ0) is 21.4. The van der Waals surface area contributed by atoms with Gasteiger partial charge in [-0.3, -0.25) is 9.59 Å². The number of hydrogen-bond acceptors (Lipinski definition) is 6. The van der Waals surface area contributed by atoms with Crippen molar-refractivity contribution in [1.82, 2.24) is 5.32 Å². The van der Waals surface area contributed by atoms with E-state index in [1.807, 2.05) is 19.1 Å². The molecule has 7 heteroatoms. The molecule has 0 radical (unpaired) electrons. The number of benzene rings is 1. The van der Waals surface area contributed by atoms with Gasteiger partial charge in [0.1, 0.15) is 0 Å². The molecule has 1 amide bonds. The number of unbranched alkanes of at least 4 members (excludes halogenated alkanes) is 1. The van der Waals surface area contributed by atoms with E-state index in [4.69, 9.17) is 9.47 Å². The number of ether oxygens (including phenoxy) is 3. The number of hydrogen-bond donors (Lipinski definition) is 1. The van der Waals surface area contributed by atoms with Gasteiger partial charge in [0, 0.05) is 18.4 Å². The molecule has 160 valence electrons. The van der Waals surface area contributed by atoms with Crippen molar-refractivity contribution in [2.24, 2.45) is 5.92 Å². The molecule has 1 aromatic rings. The van der Waals surface area contributed by atoms with Gasteiger partial charge in [-0.25, -0.2) is 4.79 Å². The second-order valence-corrected chi connectivity index (χ2v) is 7.72. The number of nitrogens with one attached hydrogen (secondary N) is 1. The maximum absolute atomic E-state index is 12.4. The number of aryl methyl sites for hydroxylation is 1. The van der Waals surface area contributed by atoms with Gasteiger partial charge in [0.15, 0.2) is 5.78 Å². The lowest BCUT2D eigenvalue weighted by atomic mass is 9.98. The summed E-state index contributed by atoms with van der Waals surface area (Å²) in [4.78, 5) is 36.0. The van der Waals surface area contributed by atoms with Crippen molar-refractivity contribution in [2.45, 2.75) is 58.3 Å². The highest BCUT2D eigenvalue weighted by Gasteiger charge is 2.41. The maximum atomic E-state index is 12.4. The second-order valence-electron chi connectivity index (χ2n) is 7.72. The lowest BCUT2D eigenvalue weighted by Crippen LogP contribution is -2.48. The summed E-state index contributed by atoms with van der Waals surface area (Å²) >= 11 is 0. The van der Waals surface area contributed by atoms with Crippen LogP contribution in [0.5, 0.6) is 0 Å². The normalized spacial score (nSPS) is 22.6. The number of carbonyl (C=O) groups is 3. The van der Waals surface area contributed by atoms with E-state index in [-0.39, 0.29) is 17.6 Å². The third-order valence-electron chi connectivity index (χ3n) is 5.18. The Kier molecular flexibility index (Phi) is 8.34. The number of methoxy groups -OCH3 is 1. The van der Waals surface area contributed by atoms with Crippen LogP contribution in [0.1, 0.15) is 55.5 Å². The Bertz CT molecular complexity index is 724. The van der Waals surface area contributed by atoms with Crippen LogP contribution >= 0.6 is 0 Å². The number of carbonyl (C=O) groups excluding carboxylic acids is 3. The Morgan fingerprint density at radius 2 is 1.93 bits per heavy atom. The monoisotopic (exact) mass is 405 g/mol. The van der Waals surface area contributed by atoms with Crippen LogP contribution in [0.2, 0.25) is 0 Å². The standard InChI is InChI=1S/C22H31NO6/c1-15-8-7-10-18(12-15)20(25)23-19(16(2)24)11-6-5-9-17-13-28-22(3,29-14-17)21(26)27-4/h7-8,10,12,17,19H,5-6,9,11,13-14H2,1-4H3,(H,23,25)/t17-,19?,22+. The van der Waals surface area contributed by atoms with Gasteiger partial charge in [0.05, 0.1) is 26.4 Å². The van der Waals surface area contributed by atoms with Crippen molar-refractivity contribution in [3.8, 4) is 0 Å². The highest BCUT2D eigenvalue weighted by molar-refractivity contribution is 5.97. The molecule has 1 aliphatic rings. The SMILES string of the molecule is COC(=O)[C@]1(C)OC[C@H](CCCCC(NC(=O)c2cccc(C)c2)C(C)=O)CO1. The highest BCUT2D eigenvalue weighted by atomic mass is 16.7. The summed E-state index contributed by atoms with van der Waals surface area (Å²) in [6.07, 6.45) is 3.11. The lowest BCUT2D eigenvalue weighted by molar-refractivity contribution is -0.272. The topological polar surface area (TPSA) is 90.9 Å². The Morgan fingerprint density at radius 1 is 1.24 bits per heavy atom. The second kappa shape index (κ2) is 10.5. The fraction of sp³-hybridized carbons (Fsp3) is 0.591. The molecule has 29 heavy (non-hydrogen) atoms. The predicted molar refractivity (Wildman–Crippen MR) is 107 cm³/mol. The van der Waals surface area contributed by atoms with Crippen molar-refractivity contribution in [3.63, 3.8) is 0 Å². The molecule has 1 atom stereocenters. The van der Waals surface area contributed by atoms with Gasteiger partial charge in [-0.15, -0.1) is 0 Å². The molecule has 1 aromatic carbocycles. The minimum Gasteiger partial charge on any atom is -0.465 e. The molecule has 1 aliphatic heterocycles. The fourth-order valence-electron chi connectivity index (χ4n) is 3.30. The molecule has 1 unspecified atom stereocenters. The molecule has 2 rings (SSSR count). The number of esters is 1. The van der Waals surface area contributed by atoms with Crippen molar-refractivity contribution < 1.29 is 28.6 Å². The summed E-state index contributed by atoms with van der Waals surface area (Å²) in [6, 6.07) is 6.80. The van der Waals surface area contributed by atoms with E-state index in [1.165, 1.54) is 14.0 Å². The summed E-state index contributed by atoms with van der Waals surface area (Å²) in [6.45, 7) is 5.82. The van der Waals surface area contributed by atoms with E-state index < -0.39 is 17.8 Å². The molecule has 1 N–H and O–H groups in total. The summed E-state index contributed by atoms with van der Waals surface area (Å²) in [5, 5.41) is 2.84. The van der Waals surface area contributed by atoms with E-state index in [1.54, 1.807) is 19.1 Å². The number of Topliss-reactive ketones (excluding diaryl/α,β-unsaturated/α-hetero) is 1. The number of amides is 1. The number of ketones is 1. The van der Waals surface area contributed by atoms with Gasteiger partial charge in [0.25, 0.3) is 11.7 Å². The Morgan fingerprint density at radius 3 is 2.52 bits per heavy atom. The van der Waals surface area contributed by atoms with Gasteiger partial charge in [-0.2, -0.15) is 0 Å². The van der Waals surface area contributed by atoms with Crippen molar-refractivity contribution in [3.05, 3.63) is 35.4 Å². The molecule has 0 aromatic heterocycles. The molecule has 1 saturated heterocycles. The quantitative estimate of drug-likeness (QED) is 0.502. The Balaban J connectivity index is 1.74. The summed E-state index contributed by atoms with van der Waals surface area (Å²) in [7, 11) is 1.30. The molecule has 0 aliphatic carbocycles. The van der Waals surface area contributed by atoms with Gasteiger partial charge in [0.2, 0.25) is 0 Å². The van der Waals surface area contributed by atoms with Gasteiger partial charge < -0.3 is 19.5 Å². The zero-order valence-corrected chi connectivity index (χ0v) is 17.7. The summed E-state index contributed by atoms with van der Waals surface area (Å²) < 4.78 is 15.8. The molecular formula is C22H31NO6. The summed E-state index contributed by atoms with van der Waals surface area (Å²) in [5.41, 5.74) is 1.55. The minimum atomic E-state index is -1.33. The average molecular weight is 405 g/mol. The molecule has 1 heterocycles. The first-order valence-electron chi connectivity index (χ1n) is 9.99. The molecular weight excluding hydrogens is 374 g/mol. The van der Waals surface area contributed by atoms with E-state index in [2.05, 4.69) is 10.1 Å². The van der Waals surface area contributed by atoms with Crippen LogP contribution in [0.25, 0.3) is 0 Å². The van der Waals surface area contributed by atoms with E-state index in [9.17, 15) is 14.4 Å². The van der Waals surface area contributed by atoms with Crippen molar-refractivity contribution in [2.75, 3.05) is 20.3 Å². The number of rotatable bonds is 9. The average Bonchev–Trinajstić information content (AvgIpc) is 2.70. The molecule has 0 bridgehead atoms. The van der Waals surface area contributed by atoms with E-state index in [0.29, 0.717) is 25.2 Å². The first-order chi connectivity index (χ1) is 13.7. The zero-order valence-electron chi connectivity index (χ0n) is 17.7. The minimum absolute atomic E-state index is 0.0517. The molecule has 0 saturated carbocycles.